The van der Waals surface area contributed by atoms with Gasteiger partial charge < -0.3 is 14.4 Å². The molecule has 0 amide bonds. The predicted octanol–water partition coefficient (Wildman–Crippen LogP) is 2.32. The molecule has 1 aromatic carbocycles. The lowest BCUT2D eigenvalue weighted by atomic mass is 10.2. The molecule has 0 aliphatic carbocycles. The first-order valence-corrected chi connectivity index (χ1v) is 8.54. The molecule has 8 nitrogen and oxygen atoms in total. The van der Waals surface area contributed by atoms with Gasteiger partial charge in [0, 0.05) is 24.2 Å². The highest BCUT2D eigenvalue weighted by atomic mass is 16.5. The summed E-state index contributed by atoms with van der Waals surface area (Å²) in [7, 11) is 5.65. The average molecular weight is 364 g/mol. The van der Waals surface area contributed by atoms with Crippen LogP contribution in [-0.2, 0) is 13.2 Å². The molecule has 3 heterocycles. The van der Waals surface area contributed by atoms with E-state index in [1.807, 2.05) is 50.5 Å². The van der Waals surface area contributed by atoms with E-state index in [4.69, 9.17) is 9.47 Å². The lowest BCUT2D eigenvalue weighted by Gasteiger charge is -2.10. The van der Waals surface area contributed by atoms with Gasteiger partial charge in [-0.2, -0.15) is 9.61 Å². The molecule has 0 saturated carbocycles. The van der Waals surface area contributed by atoms with Crippen LogP contribution in [-0.4, -0.2) is 50.9 Å². The number of fused-ring (bicyclic) bond motifs is 2. The molecule has 0 aliphatic rings. The number of nitrogens with zero attached hydrogens (tertiary/aromatic N) is 6. The summed E-state index contributed by atoms with van der Waals surface area (Å²) in [6, 6.07) is 11.4. The Morgan fingerprint density at radius 1 is 1.07 bits per heavy atom. The first-order valence-electron chi connectivity index (χ1n) is 8.54. The normalized spacial score (nSPS) is 11.4. The largest absolute Gasteiger partial charge is 0.497 e. The molecule has 4 rings (SSSR count). The third-order valence-electron chi connectivity index (χ3n) is 4.13. The Kier molecular flexibility index (Phi) is 4.55. The van der Waals surface area contributed by atoms with Crippen molar-refractivity contribution < 1.29 is 9.47 Å². The molecule has 4 aromatic rings. The molecule has 0 fully saturated rings. The van der Waals surface area contributed by atoms with Crippen molar-refractivity contribution in [2.24, 2.45) is 0 Å². The summed E-state index contributed by atoms with van der Waals surface area (Å²) >= 11 is 0. The van der Waals surface area contributed by atoms with E-state index in [1.165, 1.54) is 0 Å². The van der Waals surface area contributed by atoms with Gasteiger partial charge in [0.1, 0.15) is 18.1 Å². The monoisotopic (exact) mass is 364 g/mol. The van der Waals surface area contributed by atoms with Gasteiger partial charge in [0.25, 0.3) is 0 Å². The van der Waals surface area contributed by atoms with Gasteiger partial charge in [0.15, 0.2) is 11.5 Å². The molecule has 0 saturated heterocycles. The van der Waals surface area contributed by atoms with Gasteiger partial charge in [-0.25, -0.2) is 0 Å². The van der Waals surface area contributed by atoms with Crippen LogP contribution in [0.4, 0.5) is 0 Å². The van der Waals surface area contributed by atoms with Gasteiger partial charge in [-0.1, -0.05) is 0 Å². The summed E-state index contributed by atoms with van der Waals surface area (Å²) in [4.78, 5) is 6.44. The number of methoxy groups -OCH3 is 1. The smallest absolute Gasteiger partial charge is 0.192 e. The number of ether oxygens (including phenoxy) is 2. The molecule has 0 radical (unpaired) electrons. The number of aromatic nitrogens is 5. The summed E-state index contributed by atoms with van der Waals surface area (Å²) in [5.41, 5.74) is 2.44. The summed E-state index contributed by atoms with van der Waals surface area (Å²) < 4.78 is 13.0. The molecular weight excluding hydrogens is 344 g/mol. The number of benzene rings is 1. The summed E-state index contributed by atoms with van der Waals surface area (Å²) in [6.07, 6.45) is 1.71. The second-order valence-corrected chi connectivity index (χ2v) is 6.43. The topological polar surface area (TPSA) is 77.7 Å². The maximum atomic E-state index is 6.01. The Hall–Kier alpha value is -3.26. The lowest BCUT2D eigenvalue weighted by molar-refractivity contribution is 0.295. The minimum atomic E-state index is 0.255. The fraction of sp³-hybridized carbons (Fsp3) is 0.263. The van der Waals surface area contributed by atoms with Crippen LogP contribution in [0.1, 0.15) is 11.5 Å². The van der Waals surface area contributed by atoms with Crippen LogP contribution in [0.5, 0.6) is 11.5 Å². The number of pyridine rings is 1. The van der Waals surface area contributed by atoms with E-state index in [0.29, 0.717) is 11.5 Å². The van der Waals surface area contributed by atoms with Crippen molar-refractivity contribution in [3.05, 3.63) is 54.1 Å². The van der Waals surface area contributed by atoms with Crippen LogP contribution in [0.25, 0.3) is 16.6 Å². The van der Waals surface area contributed by atoms with Crippen LogP contribution in [0.2, 0.25) is 0 Å². The minimum Gasteiger partial charge on any atom is -0.497 e. The van der Waals surface area contributed by atoms with Crippen molar-refractivity contribution in [3.63, 3.8) is 0 Å². The highest BCUT2D eigenvalue weighted by Crippen LogP contribution is 2.27. The van der Waals surface area contributed by atoms with Gasteiger partial charge >= 0.3 is 0 Å². The Labute approximate surface area is 156 Å². The third-order valence-corrected chi connectivity index (χ3v) is 4.13. The second-order valence-electron chi connectivity index (χ2n) is 6.43. The molecule has 0 unspecified atom stereocenters. The molecule has 0 atom stereocenters. The maximum Gasteiger partial charge on any atom is 0.192 e. The Balaban J connectivity index is 1.61. The number of hydrogen-bond donors (Lipinski definition) is 0. The molecule has 0 aliphatic heterocycles. The quantitative estimate of drug-likeness (QED) is 0.519. The standard InChI is InChI=1S/C19H20N6O2/c1-24(2)11-13-4-7-18-21-22-19(25(18)23-13)12-27-17-8-9-20-16-10-14(26-3)5-6-15(16)17/h4-10H,11-12H2,1-3H3. The van der Waals surface area contributed by atoms with Gasteiger partial charge in [0.2, 0.25) is 0 Å². The zero-order valence-electron chi connectivity index (χ0n) is 15.5. The van der Waals surface area contributed by atoms with E-state index in [-0.39, 0.29) is 6.61 Å². The summed E-state index contributed by atoms with van der Waals surface area (Å²) in [6.45, 7) is 0.996. The van der Waals surface area contributed by atoms with E-state index in [9.17, 15) is 0 Å². The molecule has 8 heteroatoms. The molecule has 3 aromatic heterocycles. The number of rotatable bonds is 6. The van der Waals surface area contributed by atoms with Gasteiger partial charge in [-0.15, -0.1) is 10.2 Å². The lowest BCUT2D eigenvalue weighted by Crippen LogP contribution is -2.14. The first-order chi connectivity index (χ1) is 13.1. The van der Waals surface area contributed by atoms with Crippen molar-refractivity contribution in [1.29, 1.82) is 0 Å². The van der Waals surface area contributed by atoms with E-state index in [0.717, 1.165) is 34.6 Å². The number of hydrogen-bond acceptors (Lipinski definition) is 7. The fourth-order valence-corrected chi connectivity index (χ4v) is 2.87. The molecule has 27 heavy (non-hydrogen) atoms. The van der Waals surface area contributed by atoms with Gasteiger partial charge in [-0.3, -0.25) is 4.98 Å². The molecule has 138 valence electrons. The third kappa shape index (κ3) is 3.52. The Morgan fingerprint density at radius 3 is 2.78 bits per heavy atom. The SMILES string of the molecule is COc1ccc2c(OCc3nnc4ccc(CN(C)C)nn34)ccnc2c1. The van der Waals surface area contributed by atoms with E-state index >= 15 is 0 Å². The van der Waals surface area contributed by atoms with Gasteiger partial charge in [-0.05, 0) is 44.4 Å². The van der Waals surface area contributed by atoms with Crippen molar-refractivity contribution in [1.82, 2.24) is 29.7 Å². The van der Waals surface area contributed by atoms with Crippen molar-refractivity contribution in [2.75, 3.05) is 21.2 Å². The molecule has 0 N–H and O–H groups in total. The Bertz CT molecular complexity index is 1090. The Morgan fingerprint density at radius 2 is 1.96 bits per heavy atom. The minimum absolute atomic E-state index is 0.255. The van der Waals surface area contributed by atoms with E-state index in [1.54, 1.807) is 17.8 Å². The highest BCUT2D eigenvalue weighted by molar-refractivity contribution is 5.85. The van der Waals surface area contributed by atoms with Crippen molar-refractivity contribution in [2.45, 2.75) is 13.2 Å². The average Bonchev–Trinajstić information content (AvgIpc) is 3.07. The van der Waals surface area contributed by atoms with Crippen molar-refractivity contribution in [3.8, 4) is 11.5 Å². The zero-order chi connectivity index (χ0) is 18.8. The molecule has 0 bridgehead atoms. The highest BCUT2D eigenvalue weighted by Gasteiger charge is 2.11. The summed E-state index contributed by atoms with van der Waals surface area (Å²) in [5, 5.41) is 13.9. The second kappa shape index (κ2) is 7.16. The van der Waals surface area contributed by atoms with Crippen LogP contribution in [0, 0.1) is 0 Å². The summed E-state index contributed by atoms with van der Waals surface area (Å²) in [5.74, 6) is 2.13. The van der Waals surface area contributed by atoms with E-state index in [2.05, 4.69) is 25.2 Å². The van der Waals surface area contributed by atoms with Gasteiger partial charge in [0.05, 0.1) is 18.3 Å². The van der Waals surface area contributed by atoms with Crippen LogP contribution in [0.15, 0.2) is 42.6 Å². The van der Waals surface area contributed by atoms with Crippen LogP contribution < -0.4 is 9.47 Å². The van der Waals surface area contributed by atoms with Crippen molar-refractivity contribution >= 4 is 16.6 Å². The first kappa shape index (κ1) is 17.2. The molecular formula is C19H20N6O2. The predicted molar refractivity (Wildman–Crippen MR) is 101 cm³/mol. The van der Waals surface area contributed by atoms with Crippen LogP contribution in [0.3, 0.4) is 0 Å². The van der Waals surface area contributed by atoms with Crippen LogP contribution >= 0.6 is 0 Å². The molecule has 0 spiro atoms. The maximum absolute atomic E-state index is 6.01. The van der Waals surface area contributed by atoms with E-state index < -0.39 is 0 Å². The zero-order valence-corrected chi connectivity index (χ0v) is 15.5. The fourth-order valence-electron chi connectivity index (χ4n) is 2.87.